The van der Waals surface area contributed by atoms with Crippen LogP contribution in [0.25, 0.3) is 0 Å². The van der Waals surface area contributed by atoms with Crippen molar-refractivity contribution in [1.82, 2.24) is 30.3 Å². The molecule has 1 fully saturated rings. The zero-order chi connectivity index (χ0) is 13.8. The van der Waals surface area contributed by atoms with Gasteiger partial charge in [-0.3, -0.25) is 10.00 Å². The predicted molar refractivity (Wildman–Crippen MR) is 72.0 cm³/mol. The molecule has 7 nitrogen and oxygen atoms in total. The first kappa shape index (κ1) is 13.0. The summed E-state index contributed by atoms with van der Waals surface area (Å²) in [6.45, 7) is 1.81. The Kier molecular flexibility index (Phi) is 3.87. The van der Waals surface area contributed by atoms with Gasteiger partial charge in [-0.1, -0.05) is 6.42 Å². The SMILES string of the molecule is COc1ccc(CN2CCCCC2c2ncn[nH]2)nn1. The fourth-order valence-electron chi connectivity index (χ4n) is 2.61. The maximum atomic E-state index is 5.03. The minimum Gasteiger partial charge on any atom is -0.480 e. The van der Waals surface area contributed by atoms with Crippen LogP contribution in [0.4, 0.5) is 0 Å². The molecule has 1 unspecified atom stereocenters. The second-order valence-corrected chi connectivity index (χ2v) is 4.92. The molecule has 0 amide bonds. The molecule has 1 N–H and O–H groups in total. The molecule has 0 bridgehead atoms. The molecule has 1 saturated heterocycles. The van der Waals surface area contributed by atoms with Crippen molar-refractivity contribution in [2.24, 2.45) is 0 Å². The van der Waals surface area contributed by atoms with Crippen LogP contribution in [0, 0.1) is 0 Å². The van der Waals surface area contributed by atoms with E-state index in [-0.39, 0.29) is 6.04 Å². The summed E-state index contributed by atoms with van der Waals surface area (Å²) in [7, 11) is 1.59. The molecule has 20 heavy (non-hydrogen) atoms. The molecule has 3 heterocycles. The van der Waals surface area contributed by atoms with Crippen LogP contribution in [0.5, 0.6) is 5.88 Å². The molecule has 106 valence electrons. The monoisotopic (exact) mass is 274 g/mol. The van der Waals surface area contributed by atoms with Gasteiger partial charge in [-0.15, -0.1) is 5.10 Å². The summed E-state index contributed by atoms with van der Waals surface area (Å²) >= 11 is 0. The van der Waals surface area contributed by atoms with Gasteiger partial charge < -0.3 is 4.74 Å². The van der Waals surface area contributed by atoms with Gasteiger partial charge in [-0.05, 0) is 25.5 Å². The first-order valence-electron chi connectivity index (χ1n) is 6.83. The molecular formula is C13H18N6O. The topological polar surface area (TPSA) is 79.8 Å². The number of hydrogen-bond acceptors (Lipinski definition) is 6. The van der Waals surface area contributed by atoms with Crippen LogP contribution in [0.3, 0.4) is 0 Å². The Balaban J connectivity index is 1.73. The highest BCUT2D eigenvalue weighted by molar-refractivity contribution is 5.11. The largest absolute Gasteiger partial charge is 0.480 e. The highest BCUT2D eigenvalue weighted by Gasteiger charge is 2.26. The summed E-state index contributed by atoms with van der Waals surface area (Å²) in [5, 5.41) is 15.1. The van der Waals surface area contributed by atoms with Crippen molar-refractivity contribution in [3.63, 3.8) is 0 Å². The zero-order valence-corrected chi connectivity index (χ0v) is 11.5. The number of H-pyrrole nitrogens is 1. The molecule has 0 saturated carbocycles. The van der Waals surface area contributed by atoms with Crippen molar-refractivity contribution in [1.29, 1.82) is 0 Å². The average Bonchev–Trinajstić information content (AvgIpc) is 3.03. The fourth-order valence-corrected chi connectivity index (χ4v) is 2.61. The zero-order valence-electron chi connectivity index (χ0n) is 11.5. The van der Waals surface area contributed by atoms with Crippen molar-refractivity contribution in [2.45, 2.75) is 31.8 Å². The first-order chi connectivity index (χ1) is 9.86. The molecule has 2 aromatic rings. The highest BCUT2D eigenvalue weighted by Crippen LogP contribution is 2.29. The normalized spacial score (nSPS) is 19.9. The molecule has 0 spiro atoms. The molecule has 0 radical (unpaired) electrons. The van der Waals surface area contributed by atoms with Crippen molar-refractivity contribution in [3.05, 3.63) is 30.0 Å². The maximum absolute atomic E-state index is 5.03. The van der Waals surface area contributed by atoms with E-state index in [0.29, 0.717) is 5.88 Å². The van der Waals surface area contributed by atoms with Crippen LogP contribution < -0.4 is 4.74 Å². The fraction of sp³-hybridized carbons (Fsp3) is 0.538. The van der Waals surface area contributed by atoms with Gasteiger partial charge in [-0.2, -0.15) is 10.2 Å². The summed E-state index contributed by atoms with van der Waals surface area (Å²) in [5.74, 6) is 1.48. The molecular weight excluding hydrogens is 256 g/mol. The number of nitrogens with one attached hydrogen (secondary N) is 1. The Morgan fingerprint density at radius 3 is 3.00 bits per heavy atom. The van der Waals surface area contributed by atoms with Crippen LogP contribution >= 0.6 is 0 Å². The number of aromatic nitrogens is 5. The minimum atomic E-state index is 0.287. The Morgan fingerprint density at radius 2 is 2.30 bits per heavy atom. The summed E-state index contributed by atoms with van der Waals surface area (Å²) in [6.07, 6.45) is 5.08. The number of aromatic amines is 1. The van der Waals surface area contributed by atoms with Gasteiger partial charge in [0.1, 0.15) is 12.2 Å². The third-order valence-electron chi connectivity index (χ3n) is 3.63. The van der Waals surface area contributed by atoms with Gasteiger partial charge in [0.05, 0.1) is 18.8 Å². The molecule has 1 atom stereocenters. The maximum Gasteiger partial charge on any atom is 0.233 e. The van der Waals surface area contributed by atoms with E-state index in [0.717, 1.165) is 31.0 Å². The quantitative estimate of drug-likeness (QED) is 0.906. The van der Waals surface area contributed by atoms with E-state index in [4.69, 9.17) is 4.74 Å². The van der Waals surface area contributed by atoms with E-state index >= 15 is 0 Å². The smallest absolute Gasteiger partial charge is 0.233 e. The van der Waals surface area contributed by atoms with Gasteiger partial charge in [0.15, 0.2) is 0 Å². The van der Waals surface area contributed by atoms with Gasteiger partial charge in [-0.25, -0.2) is 4.98 Å². The number of likely N-dealkylation sites (tertiary alicyclic amines) is 1. The van der Waals surface area contributed by atoms with Gasteiger partial charge in [0, 0.05) is 12.6 Å². The Bertz CT molecular complexity index is 526. The Labute approximate surface area is 117 Å². The third kappa shape index (κ3) is 2.77. The van der Waals surface area contributed by atoms with Crippen LogP contribution in [0.1, 0.15) is 36.8 Å². The summed E-state index contributed by atoms with van der Waals surface area (Å²) in [6, 6.07) is 4.09. The van der Waals surface area contributed by atoms with E-state index in [9.17, 15) is 0 Å². The Hall–Kier alpha value is -2.02. The molecule has 1 aliphatic rings. The first-order valence-corrected chi connectivity index (χ1v) is 6.83. The van der Waals surface area contributed by atoms with Gasteiger partial charge in [0.2, 0.25) is 5.88 Å². The predicted octanol–water partition coefficient (Wildman–Crippen LogP) is 1.33. The lowest BCUT2D eigenvalue weighted by Gasteiger charge is -2.33. The standard InChI is InChI=1S/C13H18N6O/c1-20-12-6-5-10(16-17-12)8-19-7-3-2-4-11(19)13-14-9-15-18-13/h5-6,9,11H,2-4,7-8H2,1H3,(H,14,15,18). The number of ether oxygens (including phenoxy) is 1. The number of piperidine rings is 1. The summed E-state index contributed by atoms with van der Waals surface area (Å²) in [5.41, 5.74) is 0.942. The van der Waals surface area contributed by atoms with Crippen LogP contribution in [-0.2, 0) is 6.54 Å². The van der Waals surface area contributed by atoms with E-state index in [1.807, 2.05) is 12.1 Å². The molecule has 7 heteroatoms. The van der Waals surface area contributed by atoms with Crippen LogP contribution in [0.15, 0.2) is 18.5 Å². The second kappa shape index (κ2) is 5.96. The lowest BCUT2D eigenvalue weighted by Crippen LogP contribution is -2.33. The molecule has 2 aromatic heterocycles. The Morgan fingerprint density at radius 1 is 1.35 bits per heavy atom. The van der Waals surface area contributed by atoms with Crippen molar-refractivity contribution in [3.8, 4) is 5.88 Å². The summed E-state index contributed by atoms with van der Waals surface area (Å²) in [4.78, 5) is 6.67. The minimum absolute atomic E-state index is 0.287. The second-order valence-electron chi connectivity index (χ2n) is 4.92. The molecule has 0 aliphatic carbocycles. The van der Waals surface area contributed by atoms with E-state index in [2.05, 4.69) is 30.3 Å². The van der Waals surface area contributed by atoms with Crippen LogP contribution in [0.2, 0.25) is 0 Å². The highest BCUT2D eigenvalue weighted by atomic mass is 16.5. The van der Waals surface area contributed by atoms with Crippen molar-refractivity contribution < 1.29 is 4.74 Å². The van der Waals surface area contributed by atoms with Gasteiger partial charge in [0.25, 0.3) is 0 Å². The lowest BCUT2D eigenvalue weighted by atomic mass is 10.0. The average molecular weight is 274 g/mol. The molecule has 1 aliphatic heterocycles. The molecule has 0 aromatic carbocycles. The van der Waals surface area contributed by atoms with Gasteiger partial charge >= 0.3 is 0 Å². The van der Waals surface area contributed by atoms with E-state index in [1.54, 1.807) is 13.4 Å². The summed E-state index contributed by atoms with van der Waals surface area (Å²) < 4.78 is 5.03. The lowest BCUT2D eigenvalue weighted by molar-refractivity contribution is 0.132. The number of nitrogens with zero attached hydrogens (tertiary/aromatic N) is 5. The molecule has 3 rings (SSSR count). The van der Waals surface area contributed by atoms with Crippen molar-refractivity contribution in [2.75, 3.05) is 13.7 Å². The number of methoxy groups -OCH3 is 1. The van der Waals surface area contributed by atoms with E-state index in [1.165, 1.54) is 12.8 Å². The van der Waals surface area contributed by atoms with E-state index < -0.39 is 0 Å². The van der Waals surface area contributed by atoms with Crippen molar-refractivity contribution >= 4 is 0 Å². The third-order valence-corrected chi connectivity index (χ3v) is 3.63. The van der Waals surface area contributed by atoms with Crippen LogP contribution in [-0.4, -0.2) is 43.9 Å². The number of hydrogen-bond donors (Lipinski definition) is 1. The number of rotatable bonds is 4.